The molecule has 6 aromatic rings. The molecule has 4 amide bonds. The second-order valence-corrected chi connectivity index (χ2v) is 34.6. The minimum absolute atomic E-state index is 0.0867. The van der Waals surface area contributed by atoms with Gasteiger partial charge in [-0.15, -0.1) is 0 Å². The summed E-state index contributed by atoms with van der Waals surface area (Å²) in [6.45, 7) is 27.3. The Hall–Kier alpha value is -7.63. The molecule has 2 aromatic heterocycles. The molecule has 6 rings (SSSR count). The lowest BCUT2D eigenvalue weighted by atomic mass is 10.2. The normalized spacial score (nSPS) is 11.5. The topological polar surface area (TPSA) is 210 Å². The minimum atomic E-state index is -1.29. The Kier molecular flexibility index (Phi) is 23.3. The Labute approximate surface area is 473 Å². The van der Waals surface area contributed by atoms with Crippen LogP contribution in [0.5, 0.6) is 0 Å². The van der Waals surface area contributed by atoms with Crippen LogP contribution in [0.25, 0.3) is 22.1 Å². The second-order valence-electron chi connectivity index (χ2n) is 23.3. The number of rotatable bonds is 20. The van der Waals surface area contributed by atoms with Crippen molar-refractivity contribution in [1.82, 2.24) is 40.0 Å². The van der Waals surface area contributed by atoms with E-state index >= 15 is 0 Å². The average molecular weight is 1130 g/mol. The highest BCUT2D eigenvalue weighted by Crippen LogP contribution is 2.24. The number of fused-ring (bicyclic) bond motifs is 2. The standard InChI is InChI=1S/2C30H40N4O5Si/c1-30(2,3)39-29(36)31-17-11-15-24-14-10-16-25-27(24)33-26(34(25)22-37-18-19-40(4,5)6)20-32-28(35)38-21-23-12-8-7-9-13-23;1-30(2,3)39-28(35)31-17-11-15-24-14-10-16-25-27(24)34(22-38-18-19-40(4,5)6)26(32-25)21-33(29(36)37)20-23-12-8-7-9-13-23/h7-10,12-14,16H,17-22H2,1-6H3,(H,31,36)(H,32,35);7-10,12-14,16H,17-22H2,1-6H3,(H,31,35)(H,36,37). The monoisotopic (exact) mass is 1130 g/mol. The van der Waals surface area contributed by atoms with E-state index in [1.807, 2.05) is 106 Å². The highest BCUT2D eigenvalue weighted by molar-refractivity contribution is 6.76. The van der Waals surface area contributed by atoms with E-state index in [4.69, 9.17) is 33.7 Å². The number of nitrogens with one attached hydrogen (secondary N) is 3. The maximum atomic E-state index is 12.4. The molecule has 428 valence electrons. The van der Waals surface area contributed by atoms with E-state index in [1.165, 1.54) is 4.90 Å². The second kappa shape index (κ2) is 29.5. The highest BCUT2D eigenvalue weighted by Gasteiger charge is 2.22. The van der Waals surface area contributed by atoms with Crippen molar-refractivity contribution in [1.29, 1.82) is 0 Å². The maximum absolute atomic E-state index is 12.4. The van der Waals surface area contributed by atoms with Crippen molar-refractivity contribution >= 4 is 62.6 Å². The van der Waals surface area contributed by atoms with Gasteiger partial charge in [0.2, 0.25) is 0 Å². The molecule has 80 heavy (non-hydrogen) atoms. The third-order valence-electron chi connectivity index (χ3n) is 11.4. The molecule has 0 saturated heterocycles. The van der Waals surface area contributed by atoms with Crippen LogP contribution >= 0.6 is 0 Å². The van der Waals surface area contributed by atoms with Crippen LogP contribution in [0, 0.1) is 23.7 Å². The summed E-state index contributed by atoms with van der Waals surface area (Å²) in [7, 11) is -2.53. The van der Waals surface area contributed by atoms with E-state index in [2.05, 4.69) is 78.9 Å². The third kappa shape index (κ3) is 22.6. The third-order valence-corrected chi connectivity index (χ3v) is 14.9. The fourth-order valence-corrected chi connectivity index (χ4v) is 8.98. The van der Waals surface area contributed by atoms with Crippen LogP contribution in [0.3, 0.4) is 0 Å². The molecule has 0 aliphatic heterocycles. The lowest BCUT2D eigenvalue weighted by molar-refractivity contribution is 0.0523. The molecule has 4 aromatic carbocycles. The van der Waals surface area contributed by atoms with E-state index in [0.29, 0.717) is 53.8 Å². The van der Waals surface area contributed by atoms with Crippen LogP contribution in [0.15, 0.2) is 97.1 Å². The minimum Gasteiger partial charge on any atom is -0.465 e. The molecule has 0 aliphatic carbocycles. The van der Waals surface area contributed by atoms with Gasteiger partial charge in [-0.05, 0) is 89.0 Å². The molecule has 0 spiro atoms. The first-order valence-electron chi connectivity index (χ1n) is 26.7. The lowest BCUT2D eigenvalue weighted by Crippen LogP contribution is -2.32. The molecule has 0 saturated carbocycles. The largest absolute Gasteiger partial charge is 0.465 e. The van der Waals surface area contributed by atoms with Crippen molar-refractivity contribution in [3.63, 3.8) is 0 Å². The molecule has 18 nitrogen and oxygen atoms in total. The van der Waals surface area contributed by atoms with Gasteiger partial charge in [-0.25, -0.2) is 29.1 Å². The molecule has 2 heterocycles. The van der Waals surface area contributed by atoms with Gasteiger partial charge in [0.25, 0.3) is 0 Å². The van der Waals surface area contributed by atoms with Crippen molar-refractivity contribution in [2.45, 2.75) is 144 Å². The quantitative estimate of drug-likeness (QED) is 0.0244. The van der Waals surface area contributed by atoms with Gasteiger partial charge in [0.1, 0.15) is 48.4 Å². The summed E-state index contributed by atoms with van der Waals surface area (Å²) in [5, 5.41) is 18.1. The predicted octanol–water partition coefficient (Wildman–Crippen LogP) is 11.6. The highest BCUT2D eigenvalue weighted by atomic mass is 28.3. The summed E-state index contributed by atoms with van der Waals surface area (Å²) in [4.78, 5) is 59.4. The van der Waals surface area contributed by atoms with Crippen molar-refractivity contribution in [2.24, 2.45) is 0 Å². The molecule has 0 unspecified atom stereocenters. The van der Waals surface area contributed by atoms with Gasteiger partial charge >= 0.3 is 24.4 Å². The fourth-order valence-electron chi connectivity index (χ4n) is 7.47. The Balaban J connectivity index is 0.000000294. The molecule has 0 bridgehead atoms. The van der Waals surface area contributed by atoms with Gasteiger partial charge in [0, 0.05) is 35.9 Å². The maximum Gasteiger partial charge on any atom is 0.408 e. The Morgan fingerprint density at radius 1 is 0.600 bits per heavy atom. The Bertz CT molecular complexity index is 3130. The number of hydrogen-bond donors (Lipinski definition) is 4. The number of imidazole rings is 2. The number of amides is 4. The van der Waals surface area contributed by atoms with Crippen molar-refractivity contribution < 1.29 is 48.0 Å². The zero-order chi connectivity index (χ0) is 58.5. The van der Waals surface area contributed by atoms with Crippen LogP contribution in [0.1, 0.15) is 75.4 Å². The first kappa shape index (κ1) is 63.2. The first-order valence-corrected chi connectivity index (χ1v) is 34.1. The summed E-state index contributed by atoms with van der Waals surface area (Å²) < 4.78 is 31.8. The van der Waals surface area contributed by atoms with E-state index in [-0.39, 0.29) is 46.1 Å². The van der Waals surface area contributed by atoms with E-state index < -0.39 is 51.7 Å². The van der Waals surface area contributed by atoms with Crippen molar-refractivity contribution in [3.05, 3.63) is 131 Å². The molecule has 0 fully saturated rings. The zero-order valence-electron chi connectivity index (χ0n) is 48.6. The Morgan fingerprint density at radius 3 is 1.68 bits per heavy atom. The van der Waals surface area contributed by atoms with E-state index in [1.54, 1.807) is 41.5 Å². The number of benzene rings is 4. The fraction of sp³-hybridized carbons (Fsp3) is 0.433. The summed E-state index contributed by atoms with van der Waals surface area (Å²) in [5.74, 6) is 13.4. The summed E-state index contributed by atoms with van der Waals surface area (Å²) >= 11 is 0. The Morgan fingerprint density at radius 2 is 1.12 bits per heavy atom. The van der Waals surface area contributed by atoms with Crippen LogP contribution in [-0.2, 0) is 63.4 Å². The van der Waals surface area contributed by atoms with Crippen LogP contribution in [-0.4, -0.2) is 107 Å². The van der Waals surface area contributed by atoms with Gasteiger partial charge in [0.15, 0.2) is 0 Å². The molecule has 4 N–H and O–H groups in total. The van der Waals surface area contributed by atoms with Crippen LogP contribution in [0.2, 0.25) is 51.4 Å². The first-order chi connectivity index (χ1) is 37.7. The molecule has 20 heteroatoms. The molecular formula is C60H80N8O10Si2. The summed E-state index contributed by atoms with van der Waals surface area (Å²) in [6, 6.07) is 32.4. The summed E-state index contributed by atoms with van der Waals surface area (Å²) in [5.41, 5.74) is 5.04. The number of hydrogen-bond acceptors (Lipinski definition) is 11. The number of ether oxygens (including phenoxy) is 5. The number of carboxylic acid groups (broad SMARTS) is 1. The number of para-hydroxylation sites is 2. The lowest BCUT2D eigenvalue weighted by Gasteiger charge is -2.20. The summed E-state index contributed by atoms with van der Waals surface area (Å²) in [6.07, 6.45) is -2.62. The number of alkyl carbamates (subject to hydrolysis) is 3. The van der Waals surface area contributed by atoms with Gasteiger partial charge in [-0.1, -0.05) is 136 Å². The number of carbonyl (C=O) groups excluding carboxylic acids is 3. The van der Waals surface area contributed by atoms with Gasteiger partial charge in [-0.3, -0.25) is 4.90 Å². The molecule has 0 atom stereocenters. The number of carbonyl (C=O) groups is 4. The van der Waals surface area contributed by atoms with E-state index in [0.717, 1.165) is 34.2 Å². The van der Waals surface area contributed by atoms with Crippen LogP contribution < -0.4 is 16.0 Å². The SMILES string of the molecule is CC(C)(C)OC(=O)NCC#Cc1cccc2c1nc(CNC(=O)OCc1ccccc1)n2COCC[Si](C)(C)C.CC(C)(C)OC(=O)NCC#Cc1cccc2nc(CN(Cc3ccccc3)C(=O)O)n(COCC[Si](C)(C)C)c12. The number of nitrogens with zero attached hydrogens (tertiary/aromatic N) is 5. The van der Waals surface area contributed by atoms with Gasteiger partial charge in [0.05, 0.1) is 53.9 Å². The van der Waals surface area contributed by atoms with Gasteiger partial charge in [-0.2, -0.15) is 0 Å². The van der Waals surface area contributed by atoms with Crippen molar-refractivity contribution in [2.75, 3.05) is 26.3 Å². The molecule has 0 aliphatic rings. The van der Waals surface area contributed by atoms with Gasteiger partial charge < -0.3 is 53.9 Å². The van der Waals surface area contributed by atoms with E-state index in [9.17, 15) is 24.3 Å². The average Bonchev–Trinajstić information content (AvgIpc) is 4.00. The van der Waals surface area contributed by atoms with Crippen molar-refractivity contribution in [3.8, 4) is 23.7 Å². The van der Waals surface area contributed by atoms with Crippen LogP contribution in [0.4, 0.5) is 19.2 Å². The molecule has 0 radical (unpaired) electrons. The predicted molar refractivity (Wildman–Crippen MR) is 317 cm³/mol. The smallest absolute Gasteiger partial charge is 0.408 e. The zero-order valence-corrected chi connectivity index (χ0v) is 50.6. The molecular weight excluding hydrogens is 1050 g/mol. The number of aromatic nitrogens is 4.